The van der Waals surface area contributed by atoms with Gasteiger partial charge in [0.05, 0.1) is 31.1 Å². The summed E-state index contributed by atoms with van der Waals surface area (Å²) in [6.45, 7) is 6.46. The number of methoxy groups -OCH3 is 1. The van der Waals surface area contributed by atoms with E-state index in [-0.39, 0.29) is 41.8 Å². The van der Waals surface area contributed by atoms with Gasteiger partial charge in [-0.1, -0.05) is 27.2 Å². The molecule has 0 radical (unpaired) electrons. The van der Waals surface area contributed by atoms with Gasteiger partial charge in [-0.15, -0.1) is 0 Å². The van der Waals surface area contributed by atoms with Crippen molar-refractivity contribution in [3.05, 3.63) is 83.9 Å². The molecule has 9 nitrogen and oxygen atoms in total. The normalized spacial score (nSPS) is 17.8. The first kappa shape index (κ1) is 32.3. The van der Waals surface area contributed by atoms with E-state index in [2.05, 4.69) is 20.8 Å². The van der Waals surface area contributed by atoms with Crippen LogP contribution in [0, 0.1) is 17.8 Å². The maximum atomic E-state index is 12.6. The average molecular weight is 603 g/mol. The SMILES string of the molecule is COc1ccc(C(=O)Oc2ccc(OC(=O)c3ccc(OC(=O)CCC(=O)OC4CC(C)CCC4C(C)C)cc3)cc2)cc1. The first-order chi connectivity index (χ1) is 21.1. The van der Waals surface area contributed by atoms with Gasteiger partial charge >= 0.3 is 23.9 Å². The fraction of sp³-hybridized carbons (Fsp3) is 0.371. The number of carbonyl (C=O) groups is 4. The van der Waals surface area contributed by atoms with Crippen LogP contribution in [0.15, 0.2) is 72.8 Å². The Bertz CT molecular complexity index is 1430. The third-order valence-electron chi connectivity index (χ3n) is 7.67. The smallest absolute Gasteiger partial charge is 0.343 e. The standard InChI is InChI=1S/C35H38O9/c1-22(2)30-18-5-23(3)21-31(30)44-33(37)20-19-32(36)41-27-12-8-25(9-13-27)35(39)43-29-16-14-28(15-17-29)42-34(38)24-6-10-26(40-4)11-7-24/h6-17,22-23,30-31H,5,18-21H2,1-4H3. The van der Waals surface area contributed by atoms with Crippen molar-refractivity contribution < 1.29 is 42.9 Å². The maximum Gasteiger partial charge on any atom is 0.343 e. The van der Waals surface area contributed by atoms with E-state index in [1.165, 1.54) is 55.6 Å². The molecule has 0 saturated heterocycles. The summed E-state index contributed by atoms with van der Waals surface area (Å²) in [6.07, 6.45) is 2.74. The van der Waals surface area contributed by atoms with E-state index < -0.39 is 23.9 Å². The van der Waals surface area contributed by atoms with Crippen molar-refractivity contribution in [3.8, 4) is 23.0 Å². The van der Waals surface area contributed by atoms with Crippen LogP contribution in [-0.4, -0.2) is 37.1 Å². The van der Waals surface area contributed by atoms with Gasteiger partial charge in [-0.3, -0.25) is 9.59 Å². The second-order valence-corrected chi connectivity index (χ2v) is 11.3. The Balaban J connectivity index is 1.21. The number of esters is 4. The molecule has 3 aromatic carbocycles. The molecule has 0 heterocycles. The van der Waals surface area contributed by atoms with E-state index in [1.54, 1.807) is 24.3 Å². The largest absolute Gasteiger partial charge is 0.497 e. The first-order valence-electron chi connectivity index (χ1n) is 14.8. The molecule has 0 bridgehead atoms. The van der Waals surface area contributed by atoms with Crippen molar-refractivity contribution in [2.24, 2.45) is 17.8 Å². The number of carbonyl (C=O) groups excluding carboxylic acids is 4. The van der Waals surface area contributed by atoms with Gasteiger partial charge in [0.1, 0.15) is 29.1 Å². The van der Waals surface area contributed by atoms with Crippen LogP contribution in [0.2, 0.25) is 0 Å². The quantitative estimate of drug-likeness (QED) is 0.172. The number of hydrogen-bond acceptors (Lipinski definition) is 9. The van der Waals surface area contributed by atoms with E-state index in [0.717, 1.165) is 19.3 Å². The zero-order valence-corrected chi connectivity index (χ0v) is 25.4. The fourth-order valence-corrected chi connectivity index (χ4v) is 5.16. The van der Waals surface area contributed by atoms with Crippen LogP contribution in [0.25, 0.3) is 0 Å². The van der Waals surface area contributed by atoms with E-state index in [9.17, 15) is 19.2 Å². The van der Waals surface area contributed by atoms with Crippen molar-refractivity contribution >= 4 is 23.9 Å². The summed E-state index contributed by atoms with van der Waals surface area (Å²) in [5.74, 6) is 0.559. The lowest BCUT2D eigenvalue weighted by Crippen LogP contribution is -2.36. The third kappa shape index (κ3) is 9.17. The molecule has 0 amide bonds. The number of hydrogen-bond donors (Lipinski definition) is 0. The molecule has 3 aromatic rings. The molecule has 0 N–H and O–H groups in total. The Hall–Kier alpha value is -4.66. The fourth-order valence-electron chi connectivity index (χ4n) is 5.16. The molecule has 4 rings (SSSR count). The summed E-state index contributed by atoms with van der Waals surface area (Å²) < 4.78 is 26.9. The molecular formula is C35H38O9. The Labute approximate surface area is 257 Å². The van der Waals surface area contributed by atoms with E-state index in [0.29, 0.717) is 29.1 Å². The highest BCUT2D eigenvalue weighted by Crippen LogP contribution is 2.35. The summed E-state index contributed by atoms with van der Waals surface area (Å²) in [6, 6.07) is 18.5. The molecule has 1 aliphatic carbocycles. The van der Waals surface area contributed by atoms with Crippen LogP contribution in [-0.2, 0) is 14.3 Å². The van der Waals surface area contributed by atoms with Gasteiger partial charge in [0.25, 0.3) is 0 Å². The number of ether oxygens (including phenoxy) is 5. The number of rotatable bonds is 11. The van der Waals surface area contributed by atoms with Crippen molar-refractivity contribution in [1.29, 1.82) is 0 Å². The van der Waals surface area contributed by atoms with Crippen LogP contribution in [0.5, 0.6) is 23.0 Å². The molecule has 232 valence electrons. The predicted molar refractivity (Wildman–Crippen MR) is 162 cm³/mol. The minimum Gasteiger partial charge on any atom is -0.497 e. The molecule has 1 fully saturated rings. The first-order valence-corrected chi connectivity index (χ1v) is 14.8. The molecule has 0 aliphatic heterocycles. The monoisotopic (exact) mass is 602 g/mol. The molecule has 44 heavy (non-hydrogen) atoms. The summed E-state index contributed by atoms with van der Waals surface area (Å²) >= 11 is 0. The lowest BCUT2D eigenvalue weighted by Gasteiger charge is -2.36. The highest BCUT2D eigenvalue weighted by Gasteiger charge is 2.33. The summed E-state index contributed by atoms with van der Waals surface area (Å²) in [5, 5.41) is 0. The van der Waals surface area contributed by atoms with Gasteiger partial charge in [-0.05, 0) is 103 Å². The Morgan fingerprint density at radius 2 is 1.11 bits per heavy atom. The molecule has 3 unspecified atom stereocenters. The molecular weight excluding hydrogens is 564 g/mol. The third-order valence-corrected chi connectivity index (χ3v) is 7.67. The molecule has 0 aromatic heterocycles. The number of benzene rings is 3. The van der Waals surface area contributed by atoms with E-state index in [1.807, 2.05) is 0 Å². The second-order valence-electron chi connectivity index (χ2n) is 11.3. The Morgan fingerprint density at radius 3 is 1.61 bits per heavy atom. The molecule has 1 saturated carbocycles. The predicted octanol–water partition coefficient (Wildman–Crippen LogP) is 6.82. The van der Waals surface area contributed by atoms with Crippen LogP contribution >= 0.6 is 0 Å². The summed E-state index contributed by atoms with van der Waals surface area (Å²) in [7, 11) is 1.54. The molecule has 0 spiro atoms. The van der Waals surface area contributed by atoms with E-state index in [4.69, 9.17) is 23.7 Å². The summed E-state index contributed by atoms with van der Waals surface area (Å²) in [5.41, 5.74) is 0.604. The maximum absolute atomic E-state index is 12.6. The molecule has 1 aliphatic rings. The minimum atomic E-state index is -0.620. The zero-order chi connectivity index (χ0) is 31.6. The van der Waals surface area contributed by atoms with Gasteiger partial charge in [0.2, 0.25) is 0 Å². The van der Waals surface area contributed by atoms with Gasteiger partial charge in [-0.25, -0.2) is 9.59 Å². The van der Waals surface area contributed by atoms with Gasteiger partial charge < -0.3 is 23.7 Å². The highest BCUT2D eigenvalue weighted by atomic mass is 16.6. The zero-order valence-electron chi connectivity index (χ0n) is 25.4. The average Bonchev–Trinajstić information content (AvgIpc) is 3.01. The molecule has 9 heteroatoms. The lowest BCUT2D eigenvalue weighted by atomic mass is 9.75. The highest BCUT2D eigenvalue weighted by molar-refractivity contribution is 5.92. The van der Waals surface area contributed by atoms with Crippen LogP contribution < -0.4 is 18.9 Å². The lowest BCUT2D eigenvalue weighted by molar-refractivity contribution is -0.157. The van der Waals surface area contributed by atoms with Crippen molar-refractivity contribution in [1.82, 2.24) is 0 Å². The topological polar surface area (TPSA) is 114 Å². The van der Waals surface area contributed by atoms with E-state index >= 15 is 0 Å². The van der Waals surface area contributed by atoms with Crippen molar-refractivity contribution in [2.75, 3.05) is 7.11 Å². The minimum absolute atomic E-state index is 0.0571. The van der Waals surface area contributed by atoms with Gasteiger partial charge in [-0.2, -0.15) is 0 Å². The Kier molecular flexibility index (Phi) is 11.1. The summed E-state index contributed by atoms with van der Waals surface area (Å²) in [4.78, 5) is 49.7. The van der Waals surface area contributed by atoms with Gasteiger partial charge in [0.15, 0.2) is 0 Å². The van der Waals surface area contributed by atoms with Crippen molar-refractivity contribution in [3.63, 3.8) is 0 Å². The van der Waals surface area contributed by atoms with Crippen molar-refractivity contribution in [2.45, 2.75) is 59.0 Å². The van der Waals surface area contributed by atoms with Crippen LogP contribution in [0.3, 0.4) is 0 Å². The second kappa shape index (κ2) is 15.2. The van der Waals surface area contributed by atoms with Crippen LogP contribution in [0.1, 0.15) is 73.6 Å². The molecule has 3 atom stereocenters. The van der Waals surface area contributed by atoms with Gasteiger partial charge in [0, 0.05) is 0 Å². The van der Waals surface area contributed by atoms with Crippen LogP contribution in [0.4, 0.5) is 0 Å². The Morgan fingerprint density at radius 1 is 0.659 bits per heavy atom.